The maximum absolute atomic E-state index is 14.0. The molecule has 2 nitrogen and oxygen atoms in total. The Morgan fingerprint density at radius 3 is 2.21 bits per heavy atom. The SMILES string of the molecule is CC(Br)c1ccc(C2=NOC(c3cc(Cl)cc(C(F)(F)F)c3)(C(F)(F)F)C2)cc1. The molecule has 156 valence electrons. The van der Waals surface area contributed by atoms with E-state index in [1.54, 1.807) is 24.3 Å². The van der Waals surface area contributed by atoms with Gasteiger partial charge in [0.1, 0.15) is 0 Å². The van der Waals surface area contributed by atoms with Crippen LogP contribution in [0.2, 0.25) is 5.02 Å². The fraction of sp³-hybridized carbons (Fsp3) is 0.316. The van der Waals surface area contributed by atoms with Crippen LogP contribution in [0.4, 0.5) is 26.3 Å². The maximum atomic E-state index is 14.0. The molecule has 2 aromatic rings. The molecule has 0 aliphatic carbocycles. The van der Waals surface area contributed by atoms with Crippen LogP contribution in [-0.4, -0.2) is 11.9 Å². The van der Waals surface area contributed by atoms with Gasteiger partial charge in [-0.05, 0) is 36.2 Å². The fourth-order valence-corrected chi connectivity index (χ4v) is 3.53. The number of alkyl halides is 7. The van der Waals surface area contributed by atoms with E-state index in [0.717, 1.165) is 11.6 Å². The first-order valence-corrected chi connectivity index (χ1v) is 9.57. The summed E-state index contributed by atoms with van der Waals surface area (Å²) in [7, 11) is 0. The van der Waals surface area contributed by atoms with Crippen molar-refractivity contribution in [2.75, 3.05) is 0 Å². The van der Waals surface area contributed by atoms with Gasteiger partial charge in [-0.15, -0.1) is 0 Å². The second kappa shape index (κ2) is 7.50. The van der Waals surface area contributed by atoms with E-state index in [1.165, 1.54) is 0 Å². The highest BCUT2D eigenvalue weighted by Crippen LogP contribution is 2.50. The molecule has 0 aromatic heterocycles. The van der Waals surface area contributed by atoms with Gasteiger partial charge in [0.2, 0.25) is 0 Å². The number of hydrogen-bond donors (Lipinski definition) is 0. The Hall–Kier alpha value is -1.74. The van der Waals surface area contributed by atoms with Crippen molar-refractivity contribution in [2.24, 2.45) is 5.16 Å². The van der Waals surface area contributed by atoms with E-state index in [0.29, 0.717) is 17.7 Å². The molecule has 0 N–H and O–H groups in total. The molecule has 0 amide bonds. The molecule has 2 unspecified atom stereocenters. The number of nitrogens with zero attached hydrogens (tertiary/aromatic N) is 1. The lowest BCUT2D eigenvalue weighted by atomic mass is 9.85. The van der Waals surface area contributed by atoms with Crippen LogP contribution >= 0.6 is 27.5 Å². The van der Waals surface area contributed by atoms with Crippen molar-refractivity contribution in [2.45, 2.75) is 36.1 Å². The Morgan fingerprint density at radius 1 is 1.07 bits per heavy atom. The molecular weight excluding hydrogens is 488 g/mol. The molecule has 10 heteroatoms. The van der Waals surface area contributed by atoms with Gasteiger partial charge in [-0.3, -0.25) is 0 Å². The van der Waals surface area contributed by atoms with Crippen LogP contribution < -0.4 is 0 Å². The van der Waals surface area contributed by atoms with Crippen molar-refractivity contribution in [3.05, 3.63) is 69.7 Å². The van der Waals surface area contributed by atoms with E-state index in [1.807, 2.05) is 6.92 Å². The highest BCUT2D eigenvalue weighted by atomic mass is 79.9. The summed E-state index contributed by atoms with van der Waals surface area (Å²) in [5.74, 6) is 0. The second-order valence-electron chi connectivity index (χ2n) is 6.60. The lowest BCUT2D eigenvalue weighted by molar-refractivity contribution is -0.276. The topological polar surface area (TPSA) is 21.6 Å². The molecule has 1 heterocycles. The van der Waals surface area contributed by atoms with Crippen LogP contribution in [0.1, 0.15) is 40.4 Å². The van der Waals surface area contributed by atoms with Gasteiger partial charge in [0.15, 0.2) is 0 Å². The van der Waals surface area contributed by atoms with Crippen LogP contribution in [0.5, 0.6) is 0 Å². The predicted octanol–water partition coefficient (Wildman–Crippen LogP) is 7.40. The van der Waals surface area contributed by atoms with Crippen molar-refractivity contribution >= 4 is 33.2 Å². The summed E-state index contributed by atoms with van der Waals surface area (Å²) in [6, 6.07) is 8.37. The Labute approximate surface area is 175 Å². The lowest BCUT2D eigenvalue weighted by Crippen LogP contribution is -2.42. The van der Waals surface area contributed by atoms with Gasteiger partial charge in [-0.25, -0.2) is 0 Å². The van der Waals surface area contributed by atoms with E-state index < -0.39 is 40.5 Å². The number of rotatable bonds is 3. The predicted molar refractivity (Wildman–Crippen MR) is 100 cm³/mol. The minimum absolute atomic E-state index is 0.0235. The van der Waals surface area contributed by atoms with Crippen LogP contribution in [0.15, 0.2) is 47.6 Å². The standard InChI is InChI=1S/C19H13BrClF6NO/c1-10(20)11-2-4-12(5-3-11)16-9-17(29-28-16,19(25,26)27)13-6-14(18(22,23)24)8-15(21)7-13/h2-8,10H,9H2,1H3. The Morgan fingerprint density at radius 2 is 1.69 bits per heavy atom. The third-order valence-electron chi connectivity index (χ3n) is 4.58. The van der Waals surface area contributed by atoms with E-state index in [-0.39, 0.29) is 10.5 Å². The van der Waals surface area contributed by atoms with Gasteiger partial charge in [-0.1, -0.05) is 57.0 Å². The highest BCUT2D eigenvalue weighted by molar-refractivity contribution is 9.09. The average molecular weight is 501 g/mol. The molecule has 2 atom stereocenters. The third kappa shape index (κ3) is 4.26. The Bertz CT molecular complexity index is 939. The van der Waals surface area contributed by atoms with Gasteiger partial charge in [0.25, 0.3) is 5.60 Å². The normalized spacial score (nSPS) is 20.9. The van der Waals surface area contributed by atoms with Gasteiger partial charge < -0.3 is 4.84 Å². The van der Waals surface area contributed by atoms with Gasteiger partial charge in [-0.2, -0.15) is 26.3 Å². The summed E-state index contributed by atoms with van der Waals surface area (Å²) in [5, 5.41) is 3.08. The molecule has 0 radical (unpaired) electrons. The lowest BCUT2D eigenvalue weighted by Gasteiger charge is -2.30. The van der Waals surface area contributed by atoms with Crippen LogP contribution in [-0.2, 0) is 16.6 Å². The van der Waals surface area contributed by atoms with Crippen LogP contribution in [0, 0.1) is 0 Å². The van der Waals surface area contributed by atoms with Crippen molar-refractivity contribution in [1.29, 1.82) is 0 Å². The molecule has 0 saturated heterocycles. The second-order valence-corrected chi connectivity index (χ2v) is 8.41. The zero-order valence-electron chi connectivity index (χ0n) is 14.7. The van der Waals surface area contributed by atoms with Crippen molar-refractivity contribution in [3.8, 4) is 0 Å². The van der Waals surface area contributed by atoms with Gasteiger partial charge in [0, 0.05) is 21.8 Å². The smallest absolute Gasteiger partial charge is 0.374 e. The fourth-order valence-electron chi connectivity index (χ4n) is 2.99. The van der Waals surface area contributed by atoms with Crippen molar-refractivity contribution < 1.29 is 31.2 Å². The monoisotopic (exact) mass is 499 g/mol. The molecule has 0 spiro atoms. The first kappa shape index (κ1) is 22.0. The van der Waals surface area contributed by atoms with E-state index in [4.69, 9.17) is 16.4 Å². The molecule has 0 saturated carbocycles. The van der Waals surface area contributed by atoms with Crippen molar-refractivity contribution in [3.63, 3.8) is 0 Å². The van der Waals surface area contributed by atoms with Crippen LogP contribution in [0.25, 0.3) is 0 Å². The quantitative estimate of drug-likeness (QED) is 0.318. The first-order chi connectivity index (χ1) is 13.3. The number of hydrogen-bond acceptors (Lipinski definition) is 2. The number of oxime groups is 1. The van der Waals surface area contributed by atoms with Crippen molar-refractivity contribution in [1.82, 2.24) is 0 Å². The van der Waals surface area contributed by atoms with E-state index in [2.05, 4.69) is 21.1 Å². The molecule has 1 aliphatic heterocycles. The largest absolute Gasteiger partial charge is 0.435 e. The average Bonchev–Trinajstić information content (AvgIpc) is 3.07. The summed E-state index contributed by atoms with van der Waals surface area (Å²) in [5.41, 5.74) is -3.85. The Kier molecular flexibility index (Phi) is 5.68. The van der Waals surface area contributed by atoms with Gasteiger partial charge in [0.05, 0.1) is 11.3 Å². The van der Waals surface area contributed by atoms with Crippen LogP contribution in [0.3, 0.4) is 0 Å². The molecule has 0 fully saturated rings. The van der Waals surface area contributed by atoms with E-state index >= 15 is 0 Å². The molecule has 3 rings (SSSR count). The Balaban J connectivity index is 2.03. The summed E-state index contributed by atoms with van der Waals surface area (Å²) in [6.45, 7) is 1.89. The summed E-state index contributed by atoms with van der Waals surface area (Å²) in [6.07, 6.45) is -10.7. The minimum Gasteiger partial charge on any atom is -0.374 e. The maximum Gasteiger partial charge on any atom is 0.435 e. The molecular formula is C19H13BrClF6NO. The summed E-state index contributed by atoms with van der Waals surface area (Å²) >= 11 is 9.07. The molecule has 29 heavy (non-hydrogen) atoms. The molecule has 1 aliphatic rings. The highest BCUT2D eigenvalue weighted by Gasteiger charge is 2.62. The van der Waals surface area contributed by atoms with Gasteiger partial charge >= 0.3 is 12.4 Å². The van der Waals surface area contributed by atoms with E-state index in [9.17, 15) is 26.3 Å². The minimum atomic E-state index is -5.03. The third-order valence-corrected chi connectivity index (χ3v) is 5.33. The molecule has 2 aromatic carbocycles. The zero-order valence-corrected chi connectivity index (χ0v) is 17.0. The zero-order chi connectivity index (χ0) is 21.6. The summed E-state index contributed by atoms with van der Waals surface area (Å²) in [4.78, 5) is 4.83. The number of halogens is 8. The first-order valence-electron chi connectivity index (χ1n) is 8.28. The number of benzene rings is 2. The molecule has 0 bridgehead atoms. The summed E-state index contributed by atoms with van der Waals surface area (Å²) < 4.78 is 81.2.